The number of aromatic nitrogens is 4. The minimum absolute atomic E-state index is 0.183. The lowest BCUT2D eigenvalue weighted by atomic mass is 10.1. The van der Waals surface area contributed by atoms with E-state index in [2.05, 4.69) is 15.5 Å². The van der Waals surface area contributed by atoms with Gasteiger partial charge in [-0.1, -0.05) is 12.5 Å². The van der Waals surface area contributed by atoms with Crippen LogP contribution in [0.15, 0.2) is 18.2 Å². The zero-order valence-electron chi connectivity index (χ0n) is 13.2. The molecule has 0 radical (unpaired) electrons. The molecule has 0 atom stereocenters. The van der Waals surface area contributed by atoms with Crippen LogP contribution >= 0.6 is 0 Å². The number of unbranched alkanes of at least 4 members (excludes halogenated alkanes) is 2. The van der Waals surface area contributed by atoms with Gasteiger partial charge in [0, 0.05) is 13.0 Å². The SMILES string of the molecule is COc1cccc(OC)c1-c1nnnn1CCCCCC(=O)O. The van der Waals surface area contributed by atoms with Crippen molar-refractivity contribution in [3.05, 3.63) is 18.2 Å². The second kappa shape index (κ2) is 8.11. The largest absolute Gasteiger partial charge is 0.496 e. The second-order valence-corrected chi connectivity index (χ2v) is 4.97. The normalized spacial score (nSPS) is 10.5. The van der Waals surface area contributed by atoms with Crippen molar-refractivity contribution < 1.29 is 19.4 Å². The Morgan fingerprint density at radius 2 is 1.87 bits per heavy atom. The van der Waals surface area contributed by atoms with Crippen molar-refractivity contribution in [2.45, 2.75) is 32.2 Å². The van der Waals surface area contributed by atoms with Crippen molar-refractivity contribution in [3.8, 4) is 22.9 Å². The van der Waals surface area contributed by atoms with Gasteiger partial charge in [-0.3, -0.25) is 4.79 Å². The number of tetrazole rings is 1. The highest BCUT2D eigenvalue weighted by Gasteiger charge is 2.18. The number of aryl methyl sites for hydroxylation is 1. The molecule has 0 aliphatic heterocycles. The zero-order valence-corrected chi connectivity index (χ0v) is 13.2. The number of benzene rings is 1. The summed E-state index contributed by atoms with van der Waals surface area (Å²) in [6.45, 7) is 0.600. The Morgan fingerprint density at radius 3 is 2.48 bits per heavy atom. The van der Waals surface area contributed by atoms with Crippen LogP contribution in [-0.4, -0.2) is 45.5 Å². The summed E-state index contributed by atoms with van der Waals surface area (Å²) in [7, 11) is 3.16. The summed E-state index contributed by atoms with van der Waals surface area (Å²) in [6.07, 6.45) is 2.42. The van der Waals surface area contributed by atoms with Crippen LogP contribution < -0.4 is 9.47 Å². The number of aliphatic carboxylic acids is 1. The molecule has 0 bridgehead atoms. The maximum Gasteiger partial charge on any atom is 0.303 e. The number of rotatable bonds is 9. The third-order valence-corrected chi connectivity index (χ3v) is 3.44. The molecule has 0 saturated heterocycles. The molecule has 23 heavy (non-hydrogen) atoms. The fourth-order valence-electron chi connectivity index (χ4n) is 2.32. The summed E-state index contributed by atoms with van der Waals surface area (Å²) in [5, 5.41) is 20.5. The van der Waals surface area contributed by atoms with Crippen LogP contribution in [-0.2, 0) is 11.3 Å². The van der Waals surface area contributed by atoms with Gasteiger partial charge in [-0.2, -0.15) is 0 Å². The van der Waals surface area contributed by atoms with Crippen LogP contribution in [0, 0.1) is 0 Å². The Morgan fingerprint density at radius 1 is 1.17 bits per heavy atom. The van der Waals surface area contributed by atoms with Crippen molar-refractivity contribution >= 4 is 5.97 Å². The van der Waals surface area contributed by atoms with E-state index in [1.165, 1.54) is 0 Å². The lowest BCUT2D eigenvalue weighted by Crippen LogP contribution is -2.05. The molecule has 0 unspecified atom stereocenters. The van der Waals surface area contributed by atoms with Gasteiger partial charge in [-0.15, -0.1) is 5.10 Å². The highest BCUT2D eigenvalue weighted by atomic mass is 16.5. The van der Waals surface area contributed by atoms with Crippen molar-refractivity contribution in [1.29, 1.82) is 0 Å². The van der Waals surface area contributed by atoms with Gasteiger partial charge in [0.25, 0.3) is 0 Å². The fraction of sp³-hybridized carbons (Fsp3) is 0.467. The van der Waals surface area contributed by atoms with Crippen molar-refractivity contribution in [1.82, 2.24) is 20.2 Å². The zero-order chi connectivity index (χ0) is 16.7. The molecule has 1 aromatic carbocycles. The summed E-state index contributed by atoms with van der Waals surface area (Å²) in [5.74, 6) is 1.06. The first-order valence-corrected chi connectivity index (χ1v) is 7.36. The Hall–Kier alpha value is -2.64. The van der Waals surface area contributed by atoms with Gasteiger partial charge in [0.1, 0.15) is 17.1 Å². The third kappa shape index (κ3) is 4.18. The first-order chi connectivity index (χ1) is 11.2. The maximum absolute atomic E-state index is 10.5. The molecule has 0 aliphatic carbocycles. The monoisotopic (exact) mass is 320 g/mol. The van der Waals surface area contributed by atoms with Crippen LogP contribution in [0.25, 0.3) is 11.4 Å². The van der Waals surface area contributed by atoms with E-state index in [0.717, 1.165) is 12.8 Å². The molecule has 1 aromatic heterocycles. The smallest absolute Gasteiger partial charge is 0.303 e. The molecule has 0 amide bonds. The summed E-state index contributed by atoms with van der Waals surface area (Å²) in [6, 6.07) is 5.48. The molecule has 0 spiro atoms. The molecule has 124 valence electrons. The van der Waals surface area contributed by atoms with E-state index in [-0.39, 0.29) is 6.42 Å². The van der Waals surface area contributed by atoms with Gasteiger partial charge in [-0.05, 0) is 35.4 Å². The van der Waals surface area contributed by atoms with Gasteiger partial charge >= 0.3 is 5.97 Å². The van der Waals surface area contributed by atoms with Gasteiger partial charge in [0.05, 0.1) is 14.2 Å². The number of hydrogen-bond acceptors (Lipinski definition) is 6. The van der Waals surface area contributed by atoms with Gasteiger partial charge in [0.15, 0.2) is 5.82 Å². The standard InChI is InChI=1S/C15H20N4O4/c1-22-11-7-6-8-12(23-2)14(11)15-16-17-18-19(15)10-5-3-4-9-13(20)21/h6-8H,3-5,9-10H2,1-2H3,(H,20,21). The topological polar surface area (TPSA) is 99.4 Å². The van der Waals surface area contributed by atoms with E-state index in [1.807, 2.05) is 18.2 Å². The fourth-order valence-corrected chi connectivity index (χ4v) is 2.32. The van der Waals surface area contributed by atoms with Crippen LogP contribution in [0.1, 0.15) is 25.7 Å². The number of carbonyl (C=O) groups is 1. The average molecular weight is 320 g/mol. The highest BCUT2D eigenvalue weighted by molar-refractivity contribution is 5.71. The number of nitrogens with zero attached hydrogens (tertiary/aromatic N) is 4. The van der Waals surface area contributed by atoms with E-state index >= 15 is 0 Å². The van der Waals surface area contributed by atoms with Crippen LogP contribution in [0.3, 0.4) is 0 Å². The van der Waals surface area contributed by atoms with Gasteiger partial charge < -0.3 is 14.6 Å². The average Bonchev–Trinajstić information content (AvgIpc) is 3.01. The molecule has 2 rings (SSSR count). The third-order valence-electron chi connectivity index (χ3n) is 3.44. The predicted octanol–water partition coefficient (Wildman–Crippen LogP) is 2.00. The molecular weight excluding hydrogens is 300 g/mol. The van der Waals surface area contributed by atoms with Gasteiger partial charge in [0.2, 0.25) is 0 Å². The Balaban J connectivity index is 2.13. The minimum atomic E-state index is -0.771. The Labute approximate surface area is 134 Å². The first-order valence-electron chi connectivity index (χ1n) is 7.36. The number of carboxylic acids is 1. The molecule has 0 fully saturated rings. The quantitative estimate of drug-likeness (QED) is 0.705. The molecule has 0 aliphatic rings. The van der Waals surface area contributed by atoms with Crippen LogP contribution in [0.2, 0.25) is 0 Å². The molecular formula is C15H20N4O4. The summed E-state index contributed by atoms with van der Waals surface area (Å²) in [5.41, 5.74) is 0.702. The molecule has 1 N–H and O–H groups in total. The molecule has 1 heterocycles. The van der Waals surface area contributed by atoms with Crippen LogP contribution in [0.4, 0.5) is 0 Å². The molecule has 0 saturated carbocycles. The maximum atomic E-state index is 10.5. The number of ether oxygens (including phenoxy) is 2. The predicted molar refractivity (Wildman–Crippen MR) is 82.5 cm³/mol. The second-order valence-electron chi connectivity index (χ2n) is 4.97. The van der Waals surface area contributed by atoms with E-state index < -0.39 is 5.97 Å². The van der Waals surface area contributed by atoms with Crippen molar-refractivity contribution in [3.63, 3.8) is 0 Å². The van der Waals surface area contributed by atoms with Gasteiger partial charge in [-0.25, -0.2) is 4.68 Å². The molecule has 8 heteroatoms. The van der Waals surface area contributed by atoms with E-state index in [0.29, 0.717) is 35.9 Å². The lowest BCUT2D eigenvalue weighted by Gasteiger charge is -2.12. The molecule has 2 aromatic rings. The van der Waals surface area contributed by atoms with E-state index in [9.17, 15) is 4.79 Å². The van der Waals surface area contributed by atoms with Crippen LogP contribution in [0.5, 0.6) is 11.5 Å². The Bertz CT molecular complexity index is 634. The van der Waals surface area contributed by atoms with E-state index in [4.69, 9.17) is 14.6 Å². The summed E-state index contributed by atoms with van der Waals surface area (Å²) in [4.78, 5) is 10.5. The molecule has 8 nitrogen and oxygen atoms in total. The van der Waals surface area contributed by atoms with Crippen molar-refractivity contribution in [2.24, 2.45) is 0 Å². The summed E-state index contributed by atoms with van der Waals surface area (Å²) >= 11 is 0. The first kappa shape index (κ1) is 16.7. The minimum Gasteiger partial charge on any atom is -0.496 e. The number of carboxylic acid groups (broad SMARTS) is 1. The van der Waals surface area contributed by atoms with E-state index in [1.54, 1.807) is 18.9 Å². The van der Waals surface area contributed by atoms with Crippen molar-refractivity contribution in [2.75, 3.05) is 14.2 Å². The number of methoxy groups -OCH3 is 2. The summed E-state index contributed by atoms with van der Waals surface area (Å²) < 4.78 is 12.4. The highest BCUT2D eigenvalue weighted by Crippen LogP contribution is 2.36. The Kier molecular flexibility index (Phi) is 5.90. The number of hydrogen-bond donors (Lipinski definition) is 1. The lowest BCUT2D eigenvalue weighted by molar-refractivity contribution is -0.137.